The number of hydrogen-bond acceptors (Lipinski definition) is 17. The van der Waals surface area contributed by atoms with Gasteiger partial charge in [0.1, 0.15) is 5.01 Å². The van der Waals surface area contributed by atoms with Crippen LogP contribution in [0.25, 0.3) is 11.0 Å². The number of carbonyl (C=O) groups excluding carboxylic acids is 7. The maximum atomic E-state index is 15.1. The maximum absolute atomic E-state index is 15.1. The van der Waals surface area contributed by atoms with E-state index < -0.39 is 48.1 Å². The van der Waals surface area contributed by atoms with Crippen molar-refractivity contribution in [3.8, 4) is 0 Å². The summed E-state index contributed by atoms with van der Waals surface area (Å²) in [4.78, 5) is 122. The second kappa shape index (κ2) is 41.5. The number of likely N-dealkylation sites (N-methyl/N-ethyl adjacent to an activating group) is 3. The molecule has 11 atom stereocenters. The van der Waals surface area contributed by atoms with Crippen LogP contribution in [0.4, 0.5) is 0 Å². The average molecular weight is 1500 g/mol. The zero-order valence-electron chi connectivity index (χ0n) is 60.4. The van der Waals surface area contributed by atoms with Gasteiger partial charge in [0, 0.05) is 100 Å². The molecule has 1 aliphatic rings. The van der Waals surface area contributed by atoms with Gasteiger partial charge < -0.3 is 49.0 Å². The normalized spacial score (nSPS) is 16.6. The third-order valence-electron chi connectivity index (χ3n) is 19.1. The van der Waals surface area contributed by atoms with Crippen LogP contribution in [0, 0.1) is 47.3 Å². The van der Waals surface area contributed by atoms with E-state index in [9.17, 15) is 28.8 Å². The number of fused-ring (bicyclic) bond motifs is 1. The van der Waals surface area contributed by atoms with Gasteiger partial charge in [0.25, 0.3) is 5.91 Å². The van der Waals surface area contributed by atoms with Crippen LogP contribution >= 0.6 is 43.2 Å². The lowest BCUT2D eigenvalue weighted by atomic mass is 9.82. The fraction of sp³-hybridized carbons (Fsp3) is 0.671. The Bertz CT molecular complexity index is 3110. The van der Waals surface area contributed by atoms with E-state index >= 15 is 4.79 Å². The number of hydrogen-bond donors (Lipinski definition) is 2. The van der Waals surface area contributed by atoms with Gasteiger partial charge in [-0.25, -0.2) is 15.0 Å². The van der Waals surface area contributed by atoms with E-state index in [1.165, 1.54) is 16.2 Å². The van der Waals surface area contributed by atoms with Gasteiger partial charge in [-0.1, -0.05) is 145 Å². The van der Waals surface area contributed by atoms with Crippen LogP contribution in [0.5, 0.6) is 0 Å². The molecule has 5 rings (SSSR count). The summed E-state index contributed by atoms with van der Waals surface area (Å²) in [5.41, 5.74) is 4.59. The number of methoxy groups -OCH3 is 2. The summed E-state index contributed by atoms with van der Waals surface area (Å²) in [6.45, 7) is 24.7. The molecule has 0 bridgehead atoms. The predicted molar refractivity (Wildman–Crippen MR) is 387 cm³/mol. The quantitative estimate of drug-likeness (QED) is 0.0309. The molecule has 97 heavy (non-hydrogen) atoms. The lowest BCUT2D eigenvalue weighted by Gasteiger charge is -2.41. The molecule has 540 valence electrons. The van der Waals surface area contributed by atoms with Gasteiger partial charge >= 0.3 is 0 Å². The molecule has 1 aliphatic heterocycles. The molecular weight excluding hydrogens is 1390 g/mol. The number of benzene rings is 2. The number of alkyl halides is 2. The minimum atomic E-state index is -0.873. The van der Waals surface area contributed by atoms with Crippen LogP contribution in [0.1, 0.15) is 153 Å². The molecule has 4 aromatic rings. The number of amides is 5. The molecule has 21 nitrogen and oxygen atoms in total. The molecule has 0 spiro atoms. The average Bonchev–Trinajstić information content (AvgIpc) is 1.68. The smallest absolute Gasteiger partial charge is 0.251 e. The first-order chi connectivity index (χ1) is 46.2. The summed E-state index contributed by atoms with van der Waals surface area (Å²) in [6.07, 6.45) is 2.87. The Balaban J connectivity index is 1.12. The van der Waals surface area contributed by atoms with Crippen molar-refractivity contribution in [3.63, 3.8) is 0 Å². The second-order valence-electron chi connectivity index (χ2n) is 27.2. The summed E-state index contributed by atoms with van der Waals surface area (Å²) in [5, 5.41) is 9.97. The summed E-state index contributed by atoms with van der Waals surface area (Å²) in [6, 6.07) is 12.6. The molecule has 2 aromatic carbocycles. The zero-order chi connectivity index (χ0) is 71.6. The topological polar surface area (TPSA) is 241 Å². The van der Waals surface area contributed by atoms with Crippen molar-refractivity contribution < 1.29 is 57.2 Å². The van der Waals surface area contributed by atoms with E-state index in [-0.39, 0.29) is 102 Å². The predicted octanol–water partition coefficient (Wildman–Crippen LogP) is 10.6. The van der Waals surface area contributed by atoms with Gasteiger partial charge in [0.2, 0.25) is 23.6 Å². The minimum Gasteiger partial charge on any atom is -0.379 e. The van der Waals surface area contributed by atoms with Gasteiger partial charge in [-0.2, -0.15) is 0 Å². The van der Waals surface area contributed by atoms with Crippen LogP contribution in [-0.4, -0.2) is 207 Å². The van der Waals surface area contributed by atoms with Crippen molar-refractivity contribution in [1.82, 2.24) is 45.2 Å². The number of nitrogens with zero attached hydrogens (tertiary/aromatic N) is 7. The fourth-order valence-corrected chi connectivity index (χ4v) is 15.1. The van der Waals surface area contributed by atoms with Crippen molar-refractivity contribution in [2.24, 2.45) is 47.3 Å². The lowest BCUT2D eigenvalue weighted by Crippen LogP contribution is -2.55. The highest BCUT2D eigenvalue weighted by atomic mass is 79.9. The molecule has 1 fully saturated rings. The fourth-order valence-electron chi connectivity index (χ4n) is 13.5. The number of rotatable bonds is 44. The number of halogens is 2. The largest absolute Gasteiger partial charge is 0.379 e. The standard InChI is InChI=1S/C73H111Br2N9O12S/c1-17-49(10)67(63(92-15)42-64(87)84-29-21-24-60(84)68(93-16)50(11)69(88)80-57(71-77-28-37-97-71)38-51-22-19-18-20-23-51)83(14)73(91)54(46(4)5)41-62(86)66(48(8)9)82(13)72(90)53(45(2)3)40-61(85)65(47(6)7)81(12)30-32-95-34-36-96-35-33-94-31-27-76-70(89)52-25-26-55-56(39-52)79-59(44-75)58(43-74)78-55/h18-20,22-23,25-26,28,37,39,45-50,53-54,57,60,63,65-68H,17,21,24,27,29-36,38,40-44H2,1-16H3,(H,76,89)(H,80,88)/t49-,50+,53-,54-,57-,60-,63+,65-,66-,67-,68+/m0/s1. The van der Waals surface area contributed by atoms with Gasteiger partial charge in [-0.05, 0) is 79.7 Å². The maximum Gasteiger partial charge on any atom is 0.251 e. The molecule has 5 amide bonds. The first kappa shape index (κ1) is 82.5. The number of carbonyl (C=O) groups is 7. The second-order valence-corrected chi connectivity index (χ2v) is 29.3. The highest BCUT2D eigenvalue weighted by Gasteiger charge is 2.45. The highest BCUT2D eigenvalue weighted by Crippen LogP contribution is 2.33. The molecule has 0 unspecified atom stereocenters. The van der Waals surface area contributed by atoms with Gasteiger partial charge in [0.15, 0.2) is 11.6 Å². The summed E-state index contributed by atoms with van der Waals surface area (Å²) in [5.74, 6) is -4.53. The Labute approximate surface area is 598 Å². The number of Topliss-reactive ketones (excluding diaryl/α,β-unsaturated/α-hetero) is 2. The Morgan fingerprint density at radius 3 is 1.81 bits per heavy atom. The molecule has 0 radical (unpaired) electrons. The summed E-state index contributed by atoms with van der Waals surface area (Å²) < 4.78 is 29.6. The SMILES string of the molecule is CC[C@H](C)[C@@H]([C@@H](CC(=O)N1CCC[C@H]1[C@H](OC)[C@@H](C)C(=O)N[C@@H](Cc1ccccc1)c1nccs1)OC)N(C)C(=O)[C@@H](CC(=O)[C@H](C(C)C)N(C)C(=O)[C@@H](CC(=O)[C@H](C(C)C)N(C)CCOCCOCCOCCNC(=O)c1ccc2nc(CBr)c(CBr)nc2c1)C(C)C)C(C)C. The zero-order valence-corrected chi connectivity index (χ0v) is 64.3. The molecule has 0 aliphatic carbocycles. The van der Waals surface area contributed by atoms with Crippen molar-refractivity contribution in [2.45, 2.75) is 174 Å². The molecule has 24 heteroatoms. The van der Waals surface area contributed by atoms with Crippen molar-refractivity contribution in [3.05, 3.63) is 87.6 Å². The minimum absolute atomic E-state index is 0.0164. The Morgan fingerprint density at radius 1 is 0.691 bits per heavy atom. The van der Waals surface area contributed by atoms with Crippen LogP contribution in [0.3, 0.4) is 0 Å². The number of nitrogens with one attached hydrogen (secondary N) is 2. The van der Waals surface area contributed by atoms with Crippen molar-refractivity contribution in [2.75, 3.05) is 94.6 Å². The summed E-state index contributed by atoms with van der Waals surface area (Å²) in [7, 11) is 8.40. The molecular formula is C73H111Br2N9O12S. The van der Waals surface area contributed by atoms with E-state index in [0.717, 1.165) is 33.9 Å². The Hall–Kier alpha value is -5.18. The third-order valence-corrected chi connectivity index (χ3v) is 21.0. The van der Waals surface area contributed by atoms with E-state index in [2.05, 4.69) is 57.4 Å². The van der Waals surface area contributed by atoms with E-state index in [1.54, 1.807) is 57.6 Å². The van der Waals surface area contributed by atoms with Gasteiger partial charge in [-0.3, -0.25) is 38.5 Å². The van der Waals surface area contributed by atoms with Crippen LogP contribution in [0.2, 0.25) is 0 Å². The molecule has 2 aromatic heterocycles. The van der Waals surface area contributed by atoms with Gasteiger partial charge in [0.05, 0.1) is 117 Å². The third kappa shape index (κ3) is 23.7. The van der Waals surface area contributed by atoms with E-state index in [1.807, 2.05) is 129 Å². The van der Waals surface area contributed by atoms with E-state index in [0.29, 0.717) is 100 Å². The molecule has 2 N–H and O–H groups in total. The lowest BCUT2D eigenvalue weighted by molar-refractivity contribution is -0.150. The van der Waals surface area contributed by atoms with Crippen molar-refractivity contribution >= 4 is 95.3 Å². The number of likely N-dealkylation sites (tertiary alicyclic amines) is 1. The van der Waals surface area contributed by atoms with Crippen LogP contribution in [-0.2, 0) is 69.5 Å². The Kier molecular flexibility index (Phi) is 35.3. The number of ether oxygens (including phenoxy) is 5. The monoisotopic (exact) mass is 1500 g/mol. The van der Waals surface area contributed by atoms with Crippen molar-refractivity contribution in [1.29, 1.82) is 0 Å². The van der Waals surface area contributed by atoms with Crippen LogP contribution < -0.4 is 10.6 Å². The first-order valence-electron chi connectivity index (χ1n) is 34.6. The van der Waals surface area contributed by atoms with Gasteiger partial charge in [-0.15, -0.1) is 11.3 Å². The Morgan fingerprint density at radius 2 is 1.27 bits per heavy atom. The molecule has 1 saturated heterocycles. The highest BCUT2D eigenvalue weighted by molar-refractivity contribution is 9.09. The molecule has 3 heterocycles. The number of ketones is 2. The first-order valence-corrected chi connectivity index (χ1v) is 37.7. The summed E-state index contributed by atoms with van der Waals surface area (Å²) >= 11 is 8.40. The molecule has 0 saturated carbocycles. The number of thiazole rings is 1. The van der Waals surface area contributed by atoms with E-state index in [4.69, 9.17) is 23.7 Å². The number of aromatic nitrogens is 3. The van der Waals surface area contributed by atoms with Crippen LogP contribution in [0.15, 0.2) is 60.1 Å².